The minimum atomic E-state index is -0.814. The molecule has 0 heterocycles. The Morgan fingerprint density at radius 1 is 0.949 bits per heavy atom. The number of carbonyl (C=O) groups excluding carboxylic acids is 3. The smallest absolute Gasteiger partial charge is 0.408 e. The zero-order valence-electron chi connectivity index (χ0n) is 25.8. The van der Waals surface area contributed by atoms with Crippen LogP contribution in [0.15, 0.2) is 24.3 Å². The molecule has 0 aliphatic carbocycles. The largest absolute Gasteiger partial charge is 0.444 e. The number of thioether (sulfide) groups is 1. The second-order valence-electron chi connectivity index (χ2n) is 12.2. The van der Waals surface area contributed by atoms with Crippen LogP contribution in [0.5, 0.6) is 0 Å². The zero-order valence-corrected chi connectivity index (χ0v) is 26.6. The number of benzene rings is 1. The van der Waals surface area contributed by atoms with Crippen molar-refractivity contribution in [3.05, 3.63) is 35.4 Å². The van der Waals surface area contributed by atoms with Crippen LogP contribution >= 0.6 is 11.8 Å². The van der Waals surface area contributed by atoms with E-state index in [-0.39, 0.29) is 11.8 Å². The zero-order chi connectivity index (χ0) is 29.6. The molecule has 2 atom stereocenters. The van der Waals surface area contributed by atoms with Gasteiger partial charge in [-0.25, -0.2) is 4.79 Å². The molecule has 39 heavy (non-hydrogen) atoms. The number of nitrogens with zero attached hydrogens (tertiary/aromatic N) is 1. The van der Waals surface area contributed by atoms with Gasteiger partial charge in [0.15, 0.2) is 0 Å². The molecule has 8 heteroatoms. The molecule has 0 aliphatic heterocycles. The number of carbonyl (C=O) groups is 3. The van der Waals surface area contributed by atoms with E-state index in [4.69, 9.17) is 4.74 Å². The number of hydrogen-bond acceptors (Lipinski definition) is 5. The van der Waals surface area contributed by atoms with Gasteiger partial charge in [-0.3, -0.25) is 9.59 Å². The first-order valence-electron chi connectivity index (χ1n) is 14.4. The van der Waals surface area contributed by atoms with Crippen LogP contribution in [0, 0.1) is 0 Å². The van der Waals surface area contributed by atoms with Crippen molar-refractivity contribution in [3.8, 4) is 0 Å². The molecule has 0 radical (unpaired) electrons. The summed E-state index contributed by atoms with van der Waals surface area (Å²) in [6.07, 6.45) is 7.74. The van der Waals surface area contributed by atoms with Gasteiger partial charge in [0.1, 0.15) is 17.7 Å². The molecule has 1 aromatic carbocycles. The number of alkyl carbamates (subject to hydrolysis) is 1. The molecule has 0 bridgehead atoms. The fourth-order valence-electron chi connectivity index (χ4n) is 4.24. The Balaban J connectivity index is 3.49. The van der Waals surface area contributed by atoms with Gasteiger partial charge in [0, 0.05) is 12.1 Å². The van der Waals surface area contributed by atoms with Crippen LogP contribution in [0.1, 0.15) is 111 Å². The van der Waals surface area contributed by atoms with Crippen LogP contribution in [-0.2, 0) is 20.7 Å². The van der Waals surface area contributed by atoms with Crippen molar-refractivity contribution in [2.75, 3.05) is 18.6 Å². The number of aryl methyl sites for hydroxylation is 1. The minimum absolute atomic E-state index is 0.227. The molecule has 0 fully saturated rings. The van der Waals surface area contributed by atoms with Gasteiger partial charge in [0.25, 0.3) is 0 Å². The molecule has 0 aromatic heterocycles. The molecule has 0 saturated carbocycles. The molecule has 1 rings (SSSR count). The lowest BCUT2D eigenvalue weighted by Crippen LogP contribution is -2.55. The number of hydrogen-bond donors (Lipinski definition) is 2. The first-order chi connectivity index (χ1) is 18.2. The van der Waals surface area contributed by atoms with Crippen LogP contribution in [0.2, 0.25) is 0 Å². The van der Waals surface area contributed by atoms with Crippen LogP contribution in [0.25, 0.3) is 0 Å². The Labute approximate surface area is 241 Å². The number of ether oxygens (including phenoxy) is 1. The third kappa shape index (κ3) is 13.6. The van der Waals surface area contributed by atoms with Gasteiger partial charge in [0.2, 0.25) is 11.8 Å². The van der Waals surface area contributed by atoms with Gasteiger partial charge in [-0.15, -0.1) is 0 Å². The van der Waals surface area contributed by atoms with Crippen LogP contribution in [0.3, 0.4) is 0 Å². The van der Waals surface area contributed by atoms with Crippen molar-refractivity contribution in [2.24, 2.45) is 0 Å². The lowest BCUT2D eigenvalue weighted by molar-refractivity contribution is -0.143. The summed E-state index contributed by atoms with van der Waals surface area (Å²) in [4.78, 5) is 42.5. The molecule has 3 amide bonds. The Hall–Kier alpha value is -2.22. The highest BCUT2D eigenvalue weighted by Crippen LogP contribution is 2.26. The van der Waals surface area contributed by atoms with Gasteiger partial charge in [0.05, 0.1) is 0 Å². The second-order valence-corrected chi connectivity index (χ2v) is 13.1. The Morgan fingerprint density at radius 2 is 1.56 bits per heavy atom. The van der Waals surface area contributed by atoms with Crippen molar-refractivity contribution in [1.82, 2.24) is 15.5 Å². The monoisotopic (exact) mass is 563 g/mol. The van der Waals surface area contributed by atoms with Gasteiger partial charge in [-0.1, -0.05) is 63.8 Å². The molecule has 2 unspecified atom stereocenters. The SMILES string of the molecule is CCCCCCCN(C(=O)C(CCSC)NC(=O)OC(C)(C)C)C(C(=O)NC(C)(C)C)c1ccc(CC)cc1. The molecule has 7 nitrogen and oxygen atoms in total. The second kappa shape index (κ2) is 16.8. The van der Waals surface area contributed by atoms with E-state index in [1.165, 1.54) is 0 Å². The summed E-state index contributed by atoms with van der Waals surface area (Å²) in [6, 6.07) is 6.30. The maximum atomic E-state index is 14.2. The molecule has 222 valence electrons. The number of rotatable bonds is 15. The molecular formula is C31H53N3O4S. The molecule has 0 aliphatic rings. The maximum absolute atomic E-state index is 14.2. The number of nitrogens with one attached hydrogen (secondary N) is 2. The average molecular weight is 564 g/mol. The van der Waals surface area contributed by atoms with E-state index in [0.29, 0.717) is 18.7 Å². The van der Waals surface area contributed by atoms with E-state index < -0.39 is 29.3 Å². The van der Waals surface area contributed by atoms with Gasteiger partial charge < -0.3 is 20.3 Å². The Bertz CT molecular complexity index is 891. The van der Waals surface area contributed by atoms with Gasteiger partial charge in [-0.2, -0.15) is 11.8 Å². The molecule has 1 aromatic rings. The van der Waals surface area contributed by atoms with Crippen molar-refractivity contribution in [3.63, 3.8) is 0 Å². The highest BCUT2D eigenvalue weighted by Gasteiger charge is 2.37. The van der Waals surface area contributed by atoms with Crippen LogP contribution in [-0.4, -0.2) is 58.5 Å². The molecule has 0 spiro atoms. The lowest BCUT2D eigenvalue weighted by Gasteiger charge is -2.36. The first kappa shape index (κ1) is 34.8. The van der Waals surface area contributed by atoms with Gasteiger partial charge >= 0.3 is 6.09 Å². The fourth-order valence-corrected chi connectivity index (χ4v) is 4.71. The van der Waals surface area contributed by atoms with Crippen molar-refractivity contribution in [2.45, 2.75) is 124 Å². The van der Waals surface area contributed by atoms with E-state index in [2.05, 4.69) is 24.5 Å². The fraction of sp³-hybridized carbons (Fsp3) is 0.710. The standard InChI is InChI=1S/C31H53N3O4S/c1-10-12-13-14-15-21-34(28(36)25(20-22-39-9)32-29(37)38-31(6,7)8)26(27(35)33-30(3,4)5)24-18-16-23(11-2)17-19-24/h16-19,25-26H,10-15,20-22H2,1-9H3,(H,32,37)(H,33,35). The van der Waals surface area contributed by atoms with E-state index in [0.717, 1.165) is 49.7 Å². The van der Waals surface area contributed by atoms with Crippen molar-refractivity contribution < 1.29 is 19.1 Å². The van der Waals surface area contributed by atoms with Crippen LogP contribution < -0.4 is 10.6 Å². The molecule has 2 N–H and O–H groups in total. The molecular weight excluding hydrogens is 510 g/mol. The highest BCUT2D eigenvalue weighted by molar-refractivity contribution is 7.98. The topological polar surface area (TPSA) is 87.7 Å². The van der Waals surface area contributed by atoms with E-state index in [1.54, 1.807) is 37.4 Å². The summed E-state index contributed by atoms with van der Waals surface area (Å²) in [5, 5.41) is 5.91. The van der Waals surface area contributed by atoms with Crippen LogP contribution in [0.4, 0.5) is 4.79 Å². The number of amides is 3. The predicted molar refractivity (Wildman–Crippen MR) is 163 cm³/mol. The third-order valence-corrected chi connectivity index (χ3v) is 6.79. The number of unbranched alkanes of at least 4 members (excludes halogenated alkanes) is 4. The summed E-state index contributed by atoms with van der Waals surface area (Å²) in [7, 11) is 0. The first-order valence-corrected chi connectivity index (χ1v) is 15.8. The predicted octanol–water partition coefficient (Wildman–Crippen LogP) is 6.65. The average Bonchev–Trinajstić information content (AvgIpc) is 2.83. The summed E-state index contributed by atoms with van der Waals surface area (Å²) in [5.41, 5.74) is 0.765. The third-order valence-electron chi connectivity index (χ3n) is 6.15. The normalized spacial score (nSPS) is 13.4. The molecule has 0 saturated heterocycles. The van der Waals surface area contributed by atoms with E-state index in [9.17, 15) is 14.4 Å². The maximum Gasteiger partial charge on any atom is 0.408 e. The van der Waals surface area contributed by atoms with E-state index in [1.807, 2.05) is 51.3 Å². The minimum Gasteiger partial charge on any atom is -0.444 e. The Morgan fingerprint density at radius 3 is 2.08 bits per heavy atom. The summed E-state index contributed by atoms with van der Waals surface area (Å²) >= 11 is 1.61. The van der Waals surface area contributed by atoms with Gasteiger partial charge in [-0.05, 0) is 83.9 Å². The van der Waals surface area contributed by atoms with Crippen molar-refractivity contribution in [1.29, 1.82) is 0 Å². The summed E-state index contributed by atoms with van der Waals surface area (Å²) in [6.45, 7) is 15.9. The summed E-state index contributed by atoms with van der Waals surface area (Å²) < 4.78 is 5.48. The van der Waals surface area contributed by atoms with E-state index >= 15 is 0 Å². The Kier molecular flexibility index (Phi) is 15.0. The van der Waals surface area contributed by atoms with Crippen molar-refractivity contribution >= 4 is 29.7 Å². The highest BCUT2D eigenvalue weighted by atomic mass is 32.2. The quantitative estimate of drug-likeness (QED) is 0.233. The summed E-state index contributed by atoms with van der Waals surface area (Å²) in [5.74, 6) is 0.189. The lowest BCUT2D eigenvalue weighted by atomic mass is 9.98.